The average molecular weight is 270 g/mol. The molecule has 0 saturated carbocycles. The van der Waals surface area contributed by atoms with E-state index in [1.165, 1.54) is 0 Å². The summed E-state index contributed by atoms with van der Waals surface area (Å²) in [6.07, 6.45) is 3.03. The zero-order chi connectivity index (χ0) is 14.7. The zero-order valence-electron chi connectivity index (χ0n) is 13.1. The third-order valence-corrected chi connectivity index (χ3v) is 3.38. The van der Waals surface area contributed by atoms with Crippen molar-refractivity contribution >= 4 is 5.91 Å². The highest BCUT2D eigenvalue weighted by molar-refractivity contribution is 5.76. The Morgan fingerprint density at radius 3 is 2.63 bits per heavy atom. The van der Waals surface area contributed by atoms with Gasteiger partial charge < -0.3 is 15.8 Å². The topological polar surface area (TPSA) is 64.4 Å². The quantitative estimate of drug-likeness (QED) is 0.823. The van der Waals surface area contributed by atoms with Crippen molar-refractivity contribution in [3.8, 4) is 0 Å². The van der Waals surface area contributed by atoms with E-state index in [0.29, 0.717) is 13.0 Å². The monoisotopic (exact) mass is 270 g/mol. The Morgan fingerprint density at radius 1 is 1.47 bits per heavy atom. The summed E-state index contributed by atoms with van der Waals surface area (Å²) in [5.41, 5.74) is 6.07. The number of carbonyl (C=O) groups excluding carboxylic acids is 1. The van der Waals surface area contributed by atoms with E-state index < -0.39 is 0 Å². The second-order valence-corrected chi connectivity index (χ2v) is 7.59. The highest BCUT2D eigenvalue weighted by atomic mass is 16.5. The predicted molar refractivity (Wildman–Crippen MR) is 77.9 cm³/mol. The van der Waals surface area contributed by atoms with Crippen molar-refractivity contribution in [1.82, 2.24) is 5.32 Å². The predicted octanol–water partition coefficient (Wildman–Crippen LogP) is 2.21. The molecule has 3 N–H and O–H groups in total. The first-order valence-electron chi connectivity index (χ1n) is 7.26. The van der Waals surface area contributed by atoms with Gasteiger partial charge in [-0.3, -0.25) is 4.79 Å². The molecule has 0 aromatic rings. The zero-order valence-corrected chi connectivity index (χ0v) is 13.1. The summed E-state index contributed by atoms with van der Waals surface area (Å²) in [5.74, 6) is 0.0689. The lowest BCUT2D eigenvalue weighted by atomic mass is 9.87. The van der Waals surface area contributed by atoms with Gasteiger partial charge in [0.05, 0.1) is 5.60 Å². The van der Waals surface area contributed by atoms with Crippen molar-refractivity contribution in [3.63, 3.8) is 0 Å². The van der Waals surface area contributed by atoms with E-state index >= 15 is 0 Å². The fourth-order valence-electron chi connectivity index (χ4n) is 2.74. The molecule has 1 fully saturated rings. The molecule has 0 bridgehead atoms. The van der Waals surface area contributed by atoms with Crippen LogP contribution in [0.5, 0.6) is 0 Å². The third-order valence-electron chi connectivity index (χ3n) is 3.38. The first kappa shape index (κ1) is 16.4. The molecule has 0 aromatic heterocycles. The van der Waals surface area contributed by atoms with Crippen LogP contribution in [0, 0.1) is 5.41 Å². The molecule has 19 heavy (non-hydrogen) atoms. The highest BCUT2D eigenvalue weighted by Crippen LogP contribution is 2.24. The van der Waals surface area contributed by atoms with Gasteiger partial charge in [0.2, 0.25) is 5.91 Å². The third kappa shape index (κ3) is 6.92. The molecule has 1 saturated heterocycles. The Bertz CT molecular complexity index is 308. The second kappa shape index (κ2) is 6.23. The minimum Gasteiger partial charge on any atom is -0.375 e. The van der Waals surface area contributed by atoms with E-state index in [9.17, 15) is 4.79 Å². The first-order chi connectivity index (χ1) is 8.57. The molecule has 0 radical (unpaired) electrons. The van der Waals surface area contributed by atoms with Crippen LogP contribution in [0.15, 0.2) is 0 Å². The van der Waals surface area contributed by atoms with Crippen LogP contribution in [0.25, 0.3) is 0 Å². The highest BCUT2D eigenvalue weighted by Gasteiger charge is 2.30. The maximum Gasteiger partial charge on any atom is 0.221 e. The number of nitrogens with one attached hydrogen (secondary N) is 1. The molecule has 2 unspecified atom stereocenters. The van der Waals surface area contributed by atoms with Gasteiger partial charge in [0, 0.05) is 25.1 Å². The fraction of sp³-hybridized carbons (Fsp3) is 0.933. The van der Waals surface area contributed by atoms with Crippen LogP contribution in [0.2, 0.25) is 0 Å². The summed E-state index contributed by atoms with van der Waals surface area (Å²) in [5, 5.41) is 3.09. The lowest BCUT2D eigenvalue weighted by Crippen LogP contribution is -2.47. The van der Waals surface area contributed by atoms with Crippen molar-refractivity contribution in [2.24, 2.45) is 11.1 Å². The van der Waals surface area contributed by atoms with Gasteiger partial charge in [-0.2, -0.15) is 0 Å². The molecule has 0 aromatic carbocycles. The largest absolute Gasteiger partial charge is 0.375 e. The lowest BCUT2D eigenvalue weighted by molar-refractivity contribution is -0.124. The molecule has 0 spiro atoms. The van der Waals surface area contributed by atoms with Gasteiger partial charge in [0.25, 0.3) is 0 Å². The average Bonchev–Trinajstić information content (AvgIpc) is 2.11. The van der Waals surface area contributed by atoms with Gasteiger partial charge in [0.1, 0.15) is 0 Å². The molecular formula is C15H30N2O2. The van der Waals surface area contributed by atoms with Crippen molar-refractivity contribution in [2.45, 2.75) is 78.0 Å². The van der Waals surface area contributed by atoms with Gasteiger partial charge in [-0.15, -0.1) is 0 Å². The fourth-order valence-corrected chi connectivity index (χ4v) is 2.74. The van der Waals surface area contributed by atoms with Crippen LogP contribution in [0.4, 0.5) is 0 Å². The van der Waals surface area contributed by atoms with E-state index in [2.05, 4.69) is 39.9 Å². The summed E-state index contributed by atoms with van der Waals surface area (Å²) in [6, 6.07) is 0.158. The summed E-state index contributed by atoms with van der Waals surface area (Å²) < 4.78 is 5.65. The minimum absolute atomic E-state index is 0.0622. The Morgan fingerprint density at radius 2 is 2.11 bits per heavy atom. The summed E-state index contributed by atoms with van der Waals surface area (Å²) in [7, 11) is 0. The van der Waals surface area contributed by atoms with Crippen molar-refractivity contribution < 1.29 is 9.53 Å². The number of hydrogen-bond donors (Lipinski definition) is 2. The van der Waals surface area contributed by atoms with Crippen molar-refractivity contribution in [3.05, 3.63) is 0 Å². The molecule has 112 valence electrons. The first-order valence-corrected chi connectivity index (χ1v) is 7.26. The number of rotatable bonds is 4. The molecule has 1 aliphatic heterocycles. The Labute approximate surface area is 117 Å². The van der Waals surface area contributed by atoms with Crippen LogP contribution < -0.4 is 11.1 Å². The van der Waals surface area contributed by atoms with Gasteiger partial charge >= 0.3 is 0 Å². The smallest absolute Gasteiger partial charge is 0.221 e. The Balaban J connectivity index is 2.35. The molecule has 1 amide bonds. The summed E-state index contributed by atoms with van der Waals surface area (Å²) in [6.45, 7) is 11.3. The Hall–Kier alpha value is -0.610. The Kier molecular flexibility index (Phi) is 5.39. The molecule has 1 rings (SSSR count). The van der Waals surface area contributed by atoms with E-state index in [1.807, 2.05) is 0 Å². The minimum atomic E-state index is -0.135. The SMILES string of the molecule is CC(C)(C)CC(N)CC(=O)NC1CCOC(C)(C)C1. The normalized spacial score (nSPS) is 24.8. The number of nitrogens with two attached hydrogens (primary N) is 1. The van der Waals surface area contributed by atoms with Crippen LogP contribution >= 0.6 is 0 Å². The maximum atomic E-state index is 12.0. The molecule has 0 aliphatic carbocycles. The van der Waals surface area contributed by atoms with Gasteiger partial charge in [-0.05, 0) is 38.5 Å². The molecular weight excluding hydrogens is 240 g/mol. The van der Waals surface area contributed by atoms with E-state index in [1.54, 1.807) is 0 Å². The maximum absolute atomic E-state index is 12.0. The molecule has 1 heterocycles. The lowest BCUT2D eigenvalue weighted by Gasteiger charge is -2.36. The number of hydrogen-bond acceptors (Lipinski definition) is 3. The van der Waals surface area contributed by atoms with E-state index in [4.69, 9.17) is 10.5 Å². The summed E-state index contributed by atoms with van der Waals surface area (Å²) >= 11 is 0. The van der Waals surface area contributed by atoms with E-state index in [0.717, 1.165) is 19.3 Å². The van der Waals surface area contributed by atoms with Crippen LogP contribution in [0.1, 0.15) is 60.3 Å². The molecule has 4 heteroatoms. The van der Waals surface area contributed by atoms with Crippen LogP contribution in [0.3, 0.4) is 0 Å². The standard InChI is InChI=1S/C15H30N2O2/c1-14(2,3)9-11(16)8-13(18)17-12-6-7-19-15(4,5)10-12/h11-12H,6-10,16H2,1-5H3,(H,17,18). The number of amides is 1. The van der Waals surface area contributed by atoms with Crippen LogP contribution in [-0.2, 0) is 9.53 Å². The van der Waals surface area contributed by atoms with Crippen LogP contribution in [-0.4, -0.2) is 30.2 Å². The van der Waals surface area contributed by atoms with Crippen molar-refractivity contribution in [2.75, 3.05) is 6.61 Å². The number of ether oxygens (including phenoxy) is 1. The van der Waals surface area contributed by atoms with Gasteiger partial charge in [-0.25, -0.2) is 0 Å². The molecule has 4 nitrogen and oxygen atoms in total. The number of carbonyl (C=O) groups is 1. The second-order valence-electron chi connectivity index (χ2n) is 7.59. The van der Waals surface area contributed by atoms with E-state index in [-0.39, 0.29) is 29.0 Å². The molecule has 1 aliphatic rings. The molecule has 2 atom stereocenters. The summed E-state index contributed by atoms with van der Waals surface area (Å²) in [4.78, 5) is 12.0. The van der Waals surface area contributed by atoms with Crippen molar-refractivity contribution in [1.29, 1.82) is 0 Å². The van der Waals surface area contributed by atoms with Gasteiger partial charge in [-0.1, -0.05) is 20.8 Å². The van der Waals surface area contributed by atoms with Gasteiger partial charge in [0.15, 0.2) is 0 Å².